The standard InChI is InChI=1S/C22H31NO2/c1-25-20-5-2-16(3-6-20)4-7-21(24)23-9-8-22-13-17-10-18(14-22)12-19(11-17)15-22/h2-3,5-6,17-19H,4,7-15H2,1H3,(H,23,24). The van der Waals surface area contributed by atoms with Crippen molar-refractivity contribution in [3.63, 3.8) is 0 Å². The third kappa shape index (κ3) is 3.86. The fourth-order valence-electron chi connectivity index (χ4n) is 6.20. The lowest BCUT2D eigenvalue weighted by Crippen LogP contribution is -2.47. The molecule has 0 spiro atoms. The van der Waals surface area contributed by atoms with Gasteiger partial charge in [0, 0.05) is 13.0 Å². The molecule has 0 aromatic heterocycles. The van der Waals surface area contributed by atoms with Crippen molar-refractivity contribution in [3.05, 3.63) is 29.8 Å². The van der Waals surface area contributed by atoms with Gasteiger partial charge in [-0.15, -0.1) is 0 Å². The maximum Gasteiger partial charge on any atom is 0.220 e. The zero-order valence-electron chi connectivity index (χ0n) is 15.4. The number of hydrogen-bond donors (Lipinski definition) is 1. The minimum Gasteiger partial charge on any atom is -0.497 e. The first-order chi connectivity index (χ1) is 12.1. The highest BCUT2D eigenvalue weighted by atomic mass is 16.5. The number of carbonyl (C=O) groups is 1. The van der Waals surface area contributed by atoms with Gasteiger partial charge in [0.05, 0.1) is 7.11 Å². The van der Waals surface area contributed by atoms with Crippen molar-refractivity contribution in [1.82, 2.24) is 5.32 Å². The van der Waals surface area contributed by atoms with Gasteiger partial charge < -0.3 is 10.1 Å². The molecule has 1 aromatic rings. The summed E-state index contributed by atoms with van der Waals surface area (Å²) in [5.74, 6) is 4.05. The van der Waals surface area contributed by atoms with E-state index in [9.17, 15) is 4.79 Å². The van der Waals surface area contributed by atoms with Gasteiger partial charge in [-0.05, 0) is 92.2 Å². The first-order valence-corrected chi connectivity index (χ1v) is 10.0. The fraction of sp³-hybridized carbons (Fsp3) is 0.682. The van der Waals surface area contributed by atoms with Crippen LogP contribution in [0.25, 0.3) is 0 Å². The minimum atomic E-state index is 0.195. The second-order valence-corrected chi connectivity index (χ2v) is 8.87. The summed E-state index contributed by atoms with van der Waals surface area (Å²) in [6.45, 7) is 0.869. The number of carbonyl (C=O) groups excluding carboxylic acids is 1. The van der Waals surface area contributed by atoms with Crippen LogP contribution in [-0.4, -0.2) is 19.6 Å². The lowest BCUT2D eigenvalue weighted by atomic mass is 9.49. The molecule has 4 saturated carbocycles. The second-order valence-electron chi connectivity index (χ2n) is 8.87. The minimum absolute atomic E-state index is 0.195. The quantitative estimate of drug-likeness (QED) is 0.801. The van der Waals surface area contributed by atoms with Gasteiger partial charge >= 0.3 is 0 Å². The maximum atomic E-state index is 12.2. The van der Waals surface area contributed by atoms with Gasteiger partial charge in [-0.3, -0.25) is 4.79 Å². The average Bonchev–Trinajstić information content (AvgIpc) is 2.59. The van der Waals surface area contributed by atoms with E-state index >= 15 is 0 Å². The molecule has 4 fully saturated rings. The van der Waals surface area contributed by atoms with Crippen LogP contribution in [0.3, 0.4) is 0 Å². The summed E-state index contributed by atoms with van der Waals surface area (Å²) in [5.41, 5.74) is 1.76. The SMILES string of the molecule is COc1ccc(CCC(=O)NCCC23CC4CC(CC(C4)C2)C3)cc1. The number of amides is 1. The Morgan fingerprint density at radius 3 is 2.24 bits per heavy atom. The summed E-state index contributed by atoms with van der Waals surface area (Å²) in [6.07, 6.45) is 11.3. The predicted molar refractivity (Wildman–Crippen MR) is 99.5 cm³/mol. The van der Waals surface area contributed by atoms with Crippen molar-refractivity contribution in [2.24, 2.45) is 23.2 Å². The van der Waals surface area contributed by atoms with E-state index in [0.29, 0.717) is 11.8 Å². The molecule has 136 valence electrons. The molecule has 0 radical (unpaired) electrons. The van der Waals surface area contributed by atoms with Gasteiger partial charge in [0.15, 0.2) is 0 Å². The molecule has 1 aromatic carbocycles. The molecular weight excluding hydrogens is 310 g/mol. The Labute approximate surface area is 151 Å². The van der Waals surface area contributed by atoms with Crippen LogP contribution in [0.2, 0.25) is 0 Å². The van der Waals surface area contributed by atoms with E-state index < -0.39 is 0 Å². The van der Waals surface area contributed by atoms with Crippen LogP contribution in [0.4, 0.5) is 0 Å². The highest BCUT2D eigenvalue weighted by Gasteiger charge is 2.50. The number of hydrogen-bond acceptors (Lipinski definition) is 2. The Bertz CT molecular complexity index is 572. The van der Waals surface area contributed by atoms with Crippen LogP contribution in [0, 0.1) is 23.2 Å². The summed E-state index contributed by atoms with van der Waals surface area (Å²) in [6, 6.07) is 8.00. The molecular formula is C22H31NO2. The number of rotatable bonds is 7. The highest BCUT2D eigenvalue weighted by Crippen LogP contribution is 2.61. The van der Waals surface area contributed by atoms with Gasteiger partial charge in [-0.25, -0.2) is 0 Å². The molecule has 0 saturated heterocycles. The smallest absolute Gasteiger partial charge is 0.220 e. The molecule has 0 aliphatic heterocycles. The summed E-state index contributed by atoms with van der Waals surface area (Å²) in [4.78, 5) is 12.2. The molecule has 3 nitrogen and oxygen atoms in total. The third-order valence-electron chi connectivity index (χ3n) is 6.94. The zero-order chi connectivity index (χ0) is 17.3. The third-order valence-corrected chi connectivity index (χ3v) is 6.94. The Morgan fingerprint density at radius 2 is 1.68 bits per heavy atom. The average molecular weight is 341 g/mol. The number of nitrogens with one attached hydrogen (secondary N) is 1. The van der Waals surface area contributed by atoms with Crippen LogP contribution < -0.4 is 10.1 Å². The summed E-state index contributed by atoms with van der Waals surface area (Å²) in [5, 5.41) is 3.19. The molecule has 1 amide bonds. The van der Waals surface area contributed by atoms with E-state index in [2.05, 4.69) is 5.32 Å². The first kappa shape index (κ1) is 16.9. The number of aryl methyl sites for hydroxylation is 1. The van der Waals surface area contributed by atoms with Crippen LogP contribution in [0.15, 0.2) is 24.3 Å². The first-order valence-electron chi connectivity index (χ1n) is 10.0. The molecule has 4 aliphatic rings. The topological polar surface area (TPSA) is 38.3 Å². The van der Waals surface area contributed by atoms with Crippen LogP contribution in [0.1, 0.15) is 56.9 Å². The van der Waals surface area contributed by atoms with Crippen molar-refractivity contribution in [3.8, 4) is 5.75 Å². The molecule has 5 rings (SSSR count). The van der Waals surface area contributed by atoms with Crippen molar-refractivity contribution >= 4 is 5.91 Å². The number of ether oxygens (including phenoxy) is 1. The predicted octanol–water partition coefficient (Wildman–Crippen LogP) is 4.35. The van der Waals surface area contributed by atoms with Gasteiger partial charge in [0.2, 0.25) is 5.91 Å². The van der Waals surface area contributed by atoms with E-state index in [-0.39, 0.29) is 5.91 Å². The van der Waals surface area contributed by atoms with Crippen molar-refractivity contribution < 1.29 is 9.53 Å². The molecule has 25 heavy (non-hydrogen) atoms. The van der Waals surface area contributed by atoms with Gasteiger partial charge in [0.25, 0.3) is 0 Å². The Morgan fingerprint density at radius 1 is 1.08 bits per heavy atom. The Hall–Kier alpha value is -1.51. The molecule has 4 aliphatic carbocycles. The lowest BCUT2D eigenvalue weighted by molar-refractivity contribution is -0.121. The number of methoxy groups -OCH3 is 1. The number of benzene rings is 1. The van der Waals surface area contributed by atoms with Gasteiger partial charge in [-0.1, -0.05) is 12.1 Å². The highest BCUT2D eigenvalue weighted by molar-refractivity contribution is 5.76. The van der Waals surface area contributed by atoms with Crippen molar-refractivity contribution in [1.29, 1.82) is 0 Å². The summed E-state index contributed by atoms with van der Waals surface area (Å²) >= 11 is 0. The molecule has 4 bridgehead atoms. The van der Waals surface area contributed by atoms with Gasteiger partial charge in [-0.2, -0.15) is 0 Å². The summed E-state index contributed by atoms with van der Waals surface area (Å²) < 4.78 is 5.17. The van der Waals surface area contributed by atoms with E-state index in [0.717, 1.165) is 36.5 Å². The largest absolute Gasteiger partial charge is 0.497 e. The molecule has 0 heterocycles. The van der Waals surface area contributed by atoms with E-state index in [1.165, 1.54) is 50.5 Å². The monoisotopic (exact) mass is 341 g/mol. The van der Waals surface area contributed by atoms with E-state index in [1.54, 1.807) is 7.11 Å². The lowest BCUT2D eigenvalue weighted by Gasteiger charge is -2.57. The van der Waals surface area contributed by atoms with Crippen LogP contribution in [-0.2, 0) is 11.2 Å². The molecule has 3 heteroatoms. The normalized spacial score (nSPS) is 32.6. The van der Waals surface area contributed by atoms with Crippen molar-refractivity contribution in [2.75, 3.05) is 13.7 Å². The Balaban J connectivity index is 1.20. The van der Waals surface area contributed by atoms with Crippen LogP contribution in [0.5, 0.6) is 5.75 Å². The molecule has 0 atom stereocenters. The van der Waals surface area contributed by atoms with Crippen LogP contribution >= 0.6 is 0 Å². The second kappa shape index (κ2) is 7.01. The van der Waals surface area contributed by atoms with E-state index in [1.807, 2.05) is 24.3 Å². The Kier molecular flexibility index (Phi) is 4.75. The maximum absolute atomic E-state index is 12.2. The van der Waals surface area contributed by atoms with Gasteiger partial charge in [0.1, 0.15) is 5.75 Å². The zero-order valence-corrected chi connectivity index (χ0v) is 15.4. The summed E-state index contributed by atoms with van der Waals surface area (Å²) in [7, 11) is 1.67. The van der Waals surface area contributed by atoms with E-state index in [4.69, 9.17) is 4.74 Å². The fourth-order valence-corrected chi connectivity index (χ4v) is 6.20. The van der Waals surface area contributed by atoms with Crippen molar-refractivity contribution in [2.45, 2.75) is 57.8 Å². The molecule has 0 unspecified atom stereocenters. The molecule has 1 N–H and O–H groups in total.